The van der Waals surface area contributed by atoms with Crippen molar-refractivity contribution in [2.75, 3.05) is 13.7 Å². The summed E-state index contributed by atoms with van der Waals surface area (Å²) in [7, 11) is 1.53. The summed E-state index contributed by atoms with van der Waals surface area (Å²) in [5, 5.41) is 9.77. The molecule has 1 saturated carbocycles. The maximum atomic E-state index is 14.9. The van der Waals surface area contributed by atoms with Crippen molar-refractivity contribution >= 4 is 5.97 Å². The monoisotopic (exact) mass is 558 g/mol. The lowest BCUT2D eigenvalue weighted by Gasteiger charge is -2.31. The lowest BCUT2D eigenvalue weighted by Crippen LogP contribution is -2.27. The van der Waals surface area contributed by atoms with Gasteiger partial charge >= 0.3 is 5.97 Å². The molecule has 216 valence electrons. The number of aryl methyl sites for hydroxylation is 1. The van der Waals surface area contributed by atoms with Crippen molar-refractivity contribution in [2.24, 2.45) is 11.8 Å². The predicted octanol–water partition coefficient (Wildman–Crippen LogP) is 7.16. The van der Waals surface area contributed by atoms with Gasteiger partial charge in [0, 0.05) is 24.2 Å². The Bertz CT molecular complexity index is 1440. The van der Waals surface area contributed by atoms with E-state index >= 15 is 0 Å². The van der Waals surface area contributed by atoms with Crippen LogP contribution in [0.2, 0.25) is 0 Å². The number of aromatic nitrogens is 1. The van der Waals surface area contributed by atoms with E-state index < -0.39 is 11.9 Å². The first-order valence-electron chi connectivity index (χ1n) is 14.9. The smallest absolute Gasteiger partial charge is 0.306 e. The fourth-order valence-electron chi connectivity index (χ4n) is 6.81. The lowest BCUT2D eigenvalue weighted by atomic mass is 9.82. The summed E-state index contributed by atoms with van der Waals surface area (Å²) in [6, 6.07) is 14.6. The number of carboxylic acid groups (broad SMARTS) is 1. The van der Waals surface area contributed by atoms with Crippen LogP contribution in [-0.2, 0) is 17.8 Å². The molecule has 41 heavy (non-hydrogen) atoms. The van der Waals surface area contributed by atoms with Gasteiger partial charge in [-0.2, -0.15) is 0 Å². The Morgan fingerprint density at radius 3 is 2.71 bits per heavy atom. The fourth-order valence-corrected chi connectivity index (χ4v) is 6.81. The number of hydrogen-bond donors (Lipinski definition) is 1. The third kappa shape index (κ3) is 5.69. The molecule has 0 amide bonds. The predicted molar refractivity (Wildman–Crippen MR) is 156 cm³/mol. The molecule has 3 aromatic rings. The molecule has 4 atom stereocenters. The maximum Gasteiger partial charge on any atom is 0.306 e. The minimum Gasteiger partial charge on any atom is -0.485 e. The molecule has 1 N–H and O–H groups in total. The number of rotatable bonds is 9. The zero-order valence-electron chi connectivity index (χ0n) is 24.1. The van der Waals surface area contributed by atoms with Crippen LogP contribution in [0.15, 0.2) is 48.7 Å². The molecular weight excluding hydrogens is 519 g/mol. The van der Waals surface area contributed by atoms with Crippen molar-refractivity contribution < 1.29 is 23.8 Å². The van der Waals surface area contributed by atoms with E-state index in [1.807, 2.05) is 13.0 Å². The highest BCUT2D eigenvalue weighted by molar-refractivity contribution is 5.71. The van der Waals surface area contributed by atoms with Gasteiger partial charge in [-0.1, -0.05) is 31.2 Å². The summed E-state index contributed by atoms with van der Waals surface area (Å²) in [4.78, 5) is 18.4. The summed E-state index contributed by atoms with van der Waals surface area (Å²) in [6.45, 7) is 5.92. The van der Waals surface area contributed by atoms with E-state index in [-0.39, 0.29) is 17.8 Å². The summed E-state index contributed by atoms with van der Waals surface area (Å²) >= 11 is 0. The third-order valence-electron chi connectivity index (χ3n) is 9.38. The number of fused-ring (bicyclic) bond motifs is 1. The second-order valence-corrected chi connectivity index (χ2v) is 12.1. The molecule has 2 fully saturated rings. The molecule has 2 aliphatic heterocycles. The zero-order valence-corrected chi connectivity index (χ0v) is 24.1. The molecular formula is C34H39FN2O4. The molecule has 0 radical (unpaired) electrons. The number of nitrogens with zero attached hydrogens (tertiary/aromatic N) is 2. The van der Waals surface area contributed by atoms with Crippen LogP contribution in [0.4, 0.5) is 4.39 Å². The molecule has 1 aliphatic carbocycles. The molecule has 0 bridgehead atoms. The van der Waals surface area contributed by atoms with Crippen molar-refractivity contribution in [3.63, 3.8) is 0 Å². The number of carboxylic acids is 1. The first-order chi connectivity index (χ1) is 19.8. The van der Waals surface area contributed by atoms with Gasteiger partial charge < -0.3 is 14.6 Å². The summed E-state index contributed by atoms with van der Waals surface area (Å²) in [5.41, 5.74) is 5.76. The van der Waals surface area contributed by atoms with Gasteiger partial charge in [-0.05, 0) is 104 Å². The lowest BCUT2D eigenvalue weighted by molar-refractivity contribution is -0.142. The number of benzene rings is 2. The van der Waals surface area contributed by atoms with Crippen LogP contribution in [0.1, 0.15) is 80.2 Å². The van der Waals surface area contributed by atoms with E-state index in [4.69, 9.17) is 9.47 Å². The molecule has 1 aromatic heterocycles. The van der Waals surface area contributed by atoms with Crippen LogP contribution in [0, 0.1) is 17.7 Å². The van der Waals surface area contributed by atoms with Gasteiger partial charge in [-0.3, -0.25) is 9.69 Å². The van der Waals surface area contributed by atoms with Crippen LogP contribution in [-0.4, -0.2) is 40.7 Å². The molecule has 2 aromatic carbocycles. The van der Waals surface area contributed by atoms with Crippen molar-refractivity contribution in [3.05, 3.63) is 76.7 Å². The van der Waals surface area contributed by atoms with Crippen LogP contribution in [0.3, 0.4) is 0 Å². The molecule has 6 rings (SSSR count). The molecule has 6 nitrogen and oxygen atoms in total. The minimum atomic E-state index is -0.748. The van der Waals surface area contributed by atoms with E-state index in [9.17, 15) is 14.3 Å². The van der Waals surface area contributed by atoms with Crippen molar-refractivity contribution in [2.45, 2.75) is 77.0 Å². The summed E-state index contributed by atoms with van der Waals surface area (Å²) in [5.74, 6) is 0.0979. The van der Waals surface area contributed by atoms with E-state index in [0.29, 0.717) is 23.4 Å². The summed E-state index contributed by atoms with van der Waals surface area (Å²) < 4.78 is 26.9. The Hall–Kier alpha value is -3.45. The van der Waals surface area contributed by atoms with E-state index in [0.717, 1.165) is 66.8 Å². The van der Waals surface area contributed by atoms with Gasteiger partial charge in [0.05, 0.1) is 19.2 Å². The van der Waals surface area contributed by atoms with E-state index in [2.05, 4.69) is 47.1 Å². The van der Waals surface area contributed by atoms with Gasteiger partial charge in [0.1, 0.15) is 17.7 Å². The zero-order chi connectivity index (χ0) is 28.7. The van der Waals surface area contributed by atoms with Gasteiger partial charge in [0.15, 0.2) is 0 Å². The van der Waals surface area contributed by atoms with Crippen molar-refractivity contribution in [1.29, 1.82) is 0 Å². The molecule has 3 aliphatic rings. The normalized spacial score (nSPS) is 22.0. The van der Waals surface area contributed by atoms with E-state index in [1.54, 1.807) is 6.07 Å². The second kappa shape index (κ2) is 11.4. The minimum absolute atomic E-state index is 0.000486. The maximum absolute atomic E-state index is 14.9. The number of hydrogen-bond acceptors (Lipinski definition) is 5. The number of halogens is 1. The Morgan fingerprint density at radius 1 is 1.17 bits per heavy atom. The van der Waals surface area contributed by atoms with Gasteiger partial charge in [0.25, 0.3) is 0 Å². The molecule has 0 spiro atoms. The molecule has 3 heterocycles. The number of ether oxygens (including phenoxy) is 2. The van der Waals surface area contributed by atoms with E-state index in [1.165, 1.54) is 31.7 Å². The standard InChI is InChI=1S/C34H39FN2O4/c1-20-5-4-14-37(20)19-26-15-24(28-17-32(40-3)36-18-29(28)35)10-12-27(26)30-13-11-22-6-9-25(16-31(22)41-30)33(23-7-8-23)21(2)34(38)39/h6,9-10,12,15-18,20-21,23,30,33H,4-5,7-8,11,13-14,19H2,1-3H3,(H,38,39)/t20-,21-,30?,33-/m0/s1. The highest BCUT2D eigenvalue weighted by atomic mass is 19.1. The van der Waals surface area contributed by atoms with Gasteiger partial charge in [-0.15, -0.1) is 0 Å². The average Bonchev–Trinajstić information content (AvgIpc) is 3.73. The van der Waals surface area contributed by atoms with Crippen LogP contribution in [0.25, 0.3) is 11.1 Å². The highest BCUT2D eigenvalue weighted by Crippen LogP contribution is 2.48. The van der Waals surface area contributed by atoms with Crippen molar-refractivity contribution in [1.82, 2.24) is 9.88 Å². The number of methoxy groups -OCH3 is 1. The Kier molecular flexibility index (Phi) is 7.73. The number of pyridine rings is 1. The van der Waals surface area contributed by atoms with Crippen LogP contribution in [0.5, 0.6) is 11.6 Å². The molecule has 1 saturated heterocycles. The second-order valence-electron chi connectivity index (χ2n) is 12.1. The number of carbonyl (C=O) groups is 1. The Balaban J connectivity index is 1.34. The first kappa shape index (κ1) is 27.7. The first-order valence-corrected chi connectivity index (χ1v) is 14.9. The number of aliphatic carboxylic acids is 1. The molecule has 7 heteroatoms. The number of likely N-dealkylation sites (tertiary alicyclic amines) is 1. The third-order valence-corrected chi connectivity index (χ3v) is 9.38. The quantitative estimate of drug-likeness (QED) is 0.300. The topological polar surface area (TPSA) is 71.9 Å². The van der Waals surface area contributed by atoms with Crippen LogP contribution < -0.4 is 9.47 Å². The summed E-state index contributed by atoms with van der Waals surface area (Å²) in [6.07, 6.45) is 7.34. The largest absolute Gasteiger partial charge is 0.485 e. The van der Waals surface area contributed by atoms with Gasteiger partial charge in [-0.25, -0.2) is 9.37 Å². The SMILES string of the molecule is COc1cc(-c2ccc(C3CCc4ccc([C@H](C5CC5)[C@H](C)C(=O)O)cc4O3)c(CN3CCC[C@@H]3C)c2)c(F)cn1. The Labute approximate surface area is 241 Å². The highest BCUT2D eigenvalue weighted by Gasteiger charge is 2.39. The Morgan fingerprint density at radius 2 is 2.00 bits per heavy atom. The van der Waals surface area contributed by atoms with Crippen LogP contribution >= 0.6 is 0 Å². The molecule has 1 unspecified atom stereocenters. The fraction of sp³-hybridized carbons (Fsp3) is 0.471. The van der Waals surface area contributed by atoms with Crippen molar-refractivity contribution in [3.8, 4) is 22.8 Å². The van der Waals surface area contributed by atoms with Gasteiger partial charge in [0.2, 0.25) is 5.88 Å². The average molecular weight is 559 g/mol.